The quantitative estimate of drug-likeness (QED) is 0.883. The summed E-state index contributed by atoms with van der Waals surface area (Å²) < 4.78 is 6.21. The van der Waals surface area contributed by atoms with Crippen LogP contribution >= 0.6 is 15.9 Å². The molecule has 0 saturated carbocycles. The first-order valence-electron chi connectivity index (χ1n) is 3.98. The number of rotatable bonds is 3. The molecule has 3 heteroatoms. The third-order valence-electron chi connectivity index (χ3n) is 1.65. The van der Waals surface area contributed by atoms with Crippen molar-refractivity contribution in [2.24, 2.45) is 5.73 Å². The van der Waals surface area contributed by atoms with Crippen LogP contribution in [0.3, 0.4) is 0 Å². The molecule has 70 valence electrons. The van der Waals surface area contributed by atoms with Crippen molar-refractivity contribution in [3.63, 3.8) is 0 Å². The van der Waals surface area contributed by atoms with Gasteiger partial charge in [-0.25, -0.2) is 0 Å². The lowest BCUT2D eigenvalue weighted by atomic mass is 10.2. The van der Waals surface area contributed by atoms with Gasteiger partial charge in [0.2, 0.25) is 0 Å². The fourth-order valence-electron chi connectivity index (χ4n) is 1.04. The molecule has 2 N–H and O–H groups in total. The monoisotopic (exact) mass is 241 g/mol. The first-order valence-corrected chi connectivity index (χ1v) is 4.78. The van der Waals surface area contributed by atoms with Crippen LogP contribution in [-0.4, -0.2) is 13.7 Å². The molecular weight excluding hydrogens is 230 g/mol. The Morgan fingerprint density at radius 1 is 1.54 bits per heavy atom. The second-order valence-electron chi connectivity index (χ2n) is 2.49. The predicted octanol–water partition coefficient (Wildman–Crippen LogP) is 2.43. The Balaban J connectivity index is 3.07. The van der Waals surface area contributed by atoms with Crippen molar-refractivity contribution >= 4 is 22.0 Å². The van der Waals surface area contributed by atoms with Crippen molar-refractivity contribution in [3.05, 3.63) is 34.3 Å². The molecule has 0 spiro atoms. The van der Waals surface area contributed by atoms with Gasteiger partial charge in [0.1, 0.15) is 5.75 Å². The summed E-state index contributed by atoms with van der Waals surface area (Å²) >= 11 is 3.45. The lowest BCUT2D eigenvalue weighted by molar-refractivity contribution is 0.413. The molecule has 0 heterocycles. The van der Waals surface area contributed by atoms with E-state index in [0.717, 1.165) is 15.8 Å². The average molecular weight is 242 g/mol. The fourth-order valence-corrected chi connectivity index (χ4v) is 1.52. The van der Waals surface area contributed by atoms with Crippen molar-refractivity contribution in [2.75, 3.05) is 13.7 Å². The van der Waals surface area contributed by atoms with Gasteiger partial charge in [-0.3, -0.25) is 0 Å². The van der Waals surface area contributed by atoms with Gasteiger partial charge in [0.25, 0.3) is 0 Å². The zero-order valence-corrected chi connectivity index (χ0v) is 9.04. The maximum absolute atomic E-state index is 5.38. The van der Waals surface area contributed by atoms with Crippen LogP contribution in [0.15, 0.2) is 28.7 Å². The number of ether oxygens (including phenoxy) is 1. The Kier molecular flexibility index (Phi) is 3.99. The van der Waals surface area contributed by atoms with E-state index in [1.807, 2.05) is 30.4 Å². The first-order chi connectivity index (χ1) is 6.29. The van der Waals surface area contributed by atoms with E-state index in [1.165, 1.54) is 0 Å². The molecule has 0 fully saturated rings. The smallest absolute Gasteiger partial charge is 0.127 e. The van der Waals surface area contributed by atoms with Crippen LogP contribution in [-0.2, 0) is 0 Å². The van der Waals surface area contributed by atoms with Crippen molar-refractivity contribution in [1.29, 1.82) is 0 Å². The van der Waals surface area contributed by atoms with Crippen LogP contribution in [0.2, 0.25) is 0 Å². The summed E-state index contributed by atoms with van der Waals surface area (Å²) in [7, 11) is 1.65. The molecule has 0 saturated heterocycles. The van der Waals surface area contributed by atoms with Crippen molar-refractivity contribution < 1.29 is 4.74 Å². The molecule has 0 atom stereocenters. The molecule has 0 aliphatic heterocycles. The minimum atomic E-state index is 0.532. The molecule has 0 aliphatic rings. The van der Waals surface area contributed by atoms with Gasteiger partial charge in [0.15, 0.2) is 0 Å². The summed E-state index contributed by atoms with van der Waals surface area (Å²) in [5, 5.41) is 0. The van der Waals surface area contributed by atoms with Gasteiger partial charge < -0.3 is 10.5 Å². The minimum absolute atomic E-state index is 0.532. The number of methoxy groups -OCH3 is 1. The number of benzene rings is 1. The molecule has 0 amide bonds. The molecule has 2 nitrogen and oxygen atoms in total. The summed E-state index contributed by atoms with van der Waals surface area (Å²) in [6.07, 6.45) is 3.84. The Morgan fingerprint density at radius 3 is 2.92 bits per heavy atom. The highest BCUT2D eigenvalue weighted by molar-refractivity contribution is 9.10. The van der Waals surface area contributed by atoms with E-state index in [0.29, 0.717) is 6.54 Å². The molecule has 1 rings (SSSR count). The molecule has 0 aliphatic carbocycles. The highest BCUT2D eigenvalue weighted by Gasteiger charge is 2.02. The largest absolute Gasteiger partial charge is 0.496 e. The van der Waals surface area contributed by atoms with E-state index in [1.54, 1.807) is 7.11 Å². The molecule has 1 aromatic rings. The van der Waals surface area contributed by atoms with E-state index in [-0.39, 0.29) is 0 Å². The topological polar surface area (TPSA) is 35.2 Å². The van der Waals surface area contributed by atoms with Gasteiger partial charge in [-0.05, 0) is 12.1 Å². The molecule has 13 heavy (non-hydrogen) atoms. The summed E-state index contributed by atoms with van der Waals surface area (Å²) in [5.74, 6) is 0.846. The predicted molar refractivity (Wildman–Crippen MR) is 58.8 cm³/mol. The van der Waals surface area contributed by atoms with Crippen molar-refractivity contribution in [3.8, 4) is 5.75 Å². The SMILES string of the molecule is COc1cccc(Br)c1/C=C/CN. The van der Waals surface area contributed by atoms with E-state index >= 15 is 0 Å². The highest BCUT2D eigenvalue weighted by Crippen LogP contribution is 2.27. The summed E-state index contributed by atoms with van der Waals surface area (Å²) in [4.78, 5) is 0. The van der Waals surface area contributed by atoms with Crippen LogP contribution in [0.4, 0.5) is 0 Å². The Morgan fingerprint density at radius 2 is 2.31 bits per heavy atom. The molecule has 1 aromatic carbocycles. The fraction of sp³-hybridized carbons (Fsp3) is 0.200. The van der Waals surface area contributed by atoms with Crippen LogP contribution < -0.4 is 10.5 Å². The number of hydrogen-bond acceptors (Lipinski definition) is 2. The Hall–Kier alpha value is -0.800. The van der Waals surface area contributed by atoms with E-state index in [4.69, 9.17) is 10.5 Å². The number of halogens is 1. The third kappa shape index (κ3) is 2.57. The second kappa shape index (κ2) is 5.04. The minimum Gasteiger partial charge on any atom is -0.496 e. The van der Waals surface area contributed by atoms with Gasteiger partial charge in [0, 0.05) is 16.6 Å². The van der Waals surface area contributed by atoms with Crippen LogP contribution in [0.1, 0.15) is 5.56 Å². The Labute approximate surface area is 86.5 Å². The zero-order chi connectivity index (χ0) is 9.68. The number of nitrogens with two attached hydrogens (primary N) is 1. The van der Waals surface area contributed by atoms with Crippen LogP contribution in [0.5, 0.6) is 5.75 Å². The average Bonchev–Trinajstić information content (AvgIpc) is 2.15. The Bertz CT molecular complexity index is 310. The van der Waals surface area contributed by atoms with Gasteiger partial charge >= 0.3 is 0 Å². The summed E-state index contributed by atoms with van der Waals surface area (Å²) in [6, 6.07) is 5.82. The number of hydrogen-bond donors (Lipinski definition) is 1. The standard InChI is InChI=1S/C10H12BrNO/c1-13-10-6-2-5-9(11)8(10)4-3-7-12/h2-6H,7,12H2,1H3/b4-3+. The van der Waals surface area contributed by atoms with Crippen LogP contribution in [0.25, 0.3) is 6.08 Å². The van der Waals surface area contributed by atoms with Crippen molar-refractivity contribution in [1.82, 2.24) is 0 Å². The van der Waals surface area contributed by atoms with Gasteiger partial charge in [0.05, 0.1) is 7.11 Å². The second-order valence-corrected chi connectivity index (χ2v) is 3.35. The van der Waals surface area contributed by atoms with Gasteiger partial charge in [-0.15, -0.1) is 0 Å². The molecule has 0 bridgehead atoms. The van der Waals surface area contributed by atoms with Gasteiger partial charge in [-0.1, -0.05) is 34.1 Å². The molecule has 0 radical (unpaired) electrons. The highest BCUT2D eigenvalue weighted by atomic mass is 79.9. The van der Waals surface area contributed by atoms with Gasteiger partial charge in [-0.2, -0.15) is 0 Å². The molecular formula is C10H12BrNO. The zero-order valence-electron chi connectivity index (χ0n) is 7.46. The van der Waals surface area contributed by atoms with Crippen molar-refractivity contribution in [2.45, 2.75) is 0 Å². The van der Waals surface area contributed by atoms with Crippen LogP contribution in [0, 0.1) is 0 Å². The normalized spacial score (nSPS) is 10.7. The summed E-state index contributed by atoms with van der Waals surface area (Å²) in [6.45, 7) is 0.532. The maximum atomic E-state index is 5.38. The third-order valence-corrected chi connectivity index (χ3v) is 2.34. The molecule has 0 unspecified atom stereocenters. The summed E-state index contributed by atoms with van der Waals surface area (Å²) in [5.41, 5.74) is 6.40. The lowest BCUT2D eigenvalue weighted by Gasteiger charge is -2.05. The van der Waals surface area contributed by atoms with E-state index in [2.05, 4.69) is 15.9 Å². The first kappa shape index (κ1) is 10.3. The van der Waals surface area contributed by atoms with E-state index < -0.39 is 0 Å². The molecule has 0 aromatic heterocycles. The lowest BCUT2D eigenvalue weighted by Crippen LogP contribution is -1.93. The van der Waals surface area contributed by atoms with E-state index in [9.17, 15) is 0 Å². The maximum Gasteiger partial charge on any atom is 0.127 e.